The van der Waals surface area contributed by atoms with Crippen LogP contribution in [-0.4, -0.2) is 25.2 Å². The lowest BCUT2D eigenvalue weighted by Crippen LogP contribution is -2.14. The average Bonchev–Trinajstić information content (AvgIpc) is 2.84. The SMILES string of the molecule is CCc1c(N)c(C(N)=O)nn1Cc1nccn1C. The minimum atomic E-state index is -0.610. The van der Waals surface area contributed by atoms with Gasteiger partial charge < -0.3 is 16.0 Å². The molecule has 0 spiro atoms. The van der Waals surface area contributed by atoms with Gasteiger partial charge in [0.2, 0.25) is 0 Å². The molecule has 18 heavy (non-hydrogen) atoms. The van der Waals surface area contributed by atoms with Gasteiger partial charge in [-0.25, -0.2) is 4.98 Å². The van der Waals surface area contributed by atoms with E-state index in [0.29, 0.717) is 18.7 Å². The Bertz CT molecular complexity index is 582. The summed E-state index contributed by atoms with van der Waals surface area (Å²) in [5.41, 5.74) is 12.4. The van der Waals surface area contributed by atoms with E-state index in [4.69, 9.17) is 11.5 Å². The quantitative estimate of drug-likeness (QED) is 0.788. The van der Waals surface area contributed by atoms with Gasteiger partial charge in [0.25, 0.3) is 5.91 Å². The molecule has 0 aliphatic carbocycles. The van der Waals surface area contributed by atoms with Crippen molar-refractivity contribution in [2.45, 2.75) is 19.9 Å². The van der Waals surface area contributed by atoms with Crippen molar-refractivity contribution in [2.75, 3.05) is 5.73 Å². The molecule has 0 aromatic carbocycles. The molecule has 2 heterocycles. The zero-order valence-electron chi connectivity index (χ0n) is 10.4. The van der Waals surface area contributed by atoms with E-state index in [2.05, 4.69) is 10.1 Å². The first-order chi connectivity index (χ1) is 8.54. The zero-order chi connectivity index (χ0) is 13.3. The van der Waals surface area contributed by atoms with E-state index in [9.17, 15) is 4.79 Å². The number of imidazole rings is 1. The molecule has 96 valence electrons. The maximum atomic E-state index is 11.2. The highest BCUT2D eigenvalue weighted by molar-refractivity contribution is 5.96. The fraction of sp³-hybridized carbons (Fsp3) is 0.364. The van der Waals surface area contributed by atoms with Crippen LogP contribution in [0.25, 0.3) is 0 Å². The number of carbonyl (C=O) groups excluding carboxylic acids is 1. The van der Waals surface area contributed by atoms with E-state index in [1.165, 1.54) is 0 Å². The normalized spacial score (nSPS) is 10.8. The molecule has 0 fully saturated rings. The molecule has 2 aromatic rings. The summed E-state index contributed by atoms with van der Waals surface area (Å²) in [4.78, 5) is 15.4. The molecular weight excluding hydrogens is 232 g/mol. The van der Waals surface area contributed by atoms with Gasteiger partial charge in [-0.3, -0.25) is 9.48 Å². The standard InChI is InChI=1S/C11H16N6O/c1-3-7-9(12)10(11(13)18)15-17(7)6-8-14-4-5-16(8)2/h4-5H,3,6,12H2,1-2H3,(H2,13,18). The fourth-order valence-electron chi connectivity index (χ4n) is 1.88. The van der Waals surface area contributed by atoms with Crippen LogP contribution in [0.5, 0.6) is 0 Å². The molecule has 2 rings (SSSR count). The Morgan fingerprint density at radius 3 is 2.72 bits per heavy atom. The van der Waals surface area contributed by atoms with Crippen molar-refractivity contribution < 1.29 is 4.79 Å². The summed E-state index contributed by atoms with van der Waals surface area (Å²) < 4.78 is 3.57. The predicted octanol–water partition coefficient (Wildman–Crippen LogP) is -0.0916. The van der Waals surface area contributed by atoms with Crippen molar-refractivity contribution in [2.24, 2.45) is 12.8 Å². The van der Waals surface area contributed by atoms with Crippen molar-refractivity contribution >= 4 is 11.6 Å². The van der Waals surface area contributed by atoms with Crippen molar-refractivity contribution in [3.05, 3.63) is 29.6 Å². The van der Waals surface area contributed by atoms with E-state index in [0.717, 1.165) is 11.5 Å². The second-order valence-corrected chi connectivity index (χ2v) is 4.04. The third kappa shape index (κ3) is 1.94. The molecular formula is C11H16N6O. The molecule has 0 saturated heterocycles. The number of aromatic nitrogens is 4. The summed E-state index contributed by atoms with van der Waals surface area (Å²) in [6.45, 7) is 2.41. The Morgan fingerprint density at radius 1 is 1.50 bits per heavy atom. The van der Waals surface area contributed by atoms with Gasteiger partial charge in [0, 0.05) is 19.4 Å². The van der Waals surface area contributed by atoms with E-state index < -0.39 is 5.91 Å². The lowest BCUT2D eigenvalue weighted by atomic mass is 10.2. The highest BCUT2D eigenvalue weighted by Gasteiger charge is 2.18. The molecule has 0 aliphatic rings. The molecule has 0 bridgehead atoms. The molecule has 0 atom stereocenters. The summed E-state index contributed by atoms with van der Waals surface area (Å²) in [5, 5.41) is 4.16. The van der Waals surface area contributed by atoms with Crippen LogP contribution in [0.4, 0.5) is 5.69 Å². The Labute approximate surface area is 104 Å². The topological polar surface area (TPSA) is 105 Å². The van der Waals surface area contributed by atoms with Gasteiger partial charge in [-0.2, -0.15) is 5.10 Å². The molecule has 1 amide bonds. The van der Waals surface area contributed by atoms with Crippen LogP contribution in [0.2, 0.25) is 0 Å². The zero-order valence-corrected chi connectivity index (χ0v) is 10.4. The predicted molar refractivity (Wildman–Crippen MR) is 66.8 cm³/mol. The van der Waals surface area contributed by atoms with Crippen LogP contribution < -0.4 is 11.5 Å². The van der Waals surface area contributed by atoms with Gasteiger partial charge in [0.15, 0.2) is 5.69 Å². The summed E-state index contributed by atoms with van der Waals surface area (Å²) in [6.07, 6.45) is 4.24. The lowest BCUT2D eigenvalue weighted by molar-refractivity contribution is 0.0995. The highest BCUT2D eigenvalue weighted by atomic mass is 16.1. The largest absolute Gasteiger partial charge is 0.395 e. The van der Waals surface area contributed by atoms with E-state index >= 15 is 0 Å². The van der Waals surface area contributed by atoms with E-state index in [1.807, 2.05) is 24.7 Å². The molecule has 7 nitrogen and oxygen atoms in total. The number of nitrogen functional groups attached to an aromatic ring is 1. The van der Waals surface area contributed by atoms with E-state index in [-0.39, 0.29) is 5.69 Å². The first-order valence-electron chi connectivity index (χ1n) is 5.65. The lowest BCUT2D eigenvalue weighted by Gasteiger charge is -2.06. The number of nitrogens with zero attached hydrogens (tertiary/aromatic N) is 4. The van der Waals surface area contributed by atoms with Crippen LogP contribution in [0.1, 0.15) is 28.9 Å². The highest BCUT2D eigenvalue weighted by Crippen LogP contribution is 2.18. The number of anilines is 1. The summed E-state index contributed by atoms with van der Waals surface area (Å²) in [7, 11) is 1.90. The summed E-state index contributed by atoms with van der Waals surface area (Å²) in [5.74, 6) is 0.226. The second kappa shape index (κ2) is 4.52. The minimum Gasteiger partial charge on any atom is -0.395 e. The van der Waals surface area contributed by atoms with Crippen molar-refractivity contribution in [3.63, 3.8) is 0 Å². The van der Waals surface area contributed by atoms with Gasteiger partial charge in [-0.15, -0.1) is 0 Å². The first-order valence-corrected chi connectivity index (χ1v) is 5.65. The number of rotatable bonds is 4. The monoisotopic (exact) mass is 248 g/mol. The molecule has 2 aromatic heterocycles. The fourth-order valence-corrected chi connectivity index (χ4v) is 1.88. The van der Waals surface area contributed by atoms with Crippen molar-refractivity contribution in [3.8, 4) is 0 Å². The maximum Gasteiger partial charge on any atom is 0.271 e. The Morgan fingerprint density at radius 2 is 2.22 bits per heavy atom. The van der Waals surface area contributed by atoms with Gasteiger partial charge in [0.05, 0.1) is 17.9 Å². The number of hydrogen-bond donors (Lipinski definition) is 2. The molecule has 0 saturated carbocycles. The van der Waals surface area contributed by atoms with Crippen LogP contribution in [0.15, 0.2) is 12.4 Å². The Kier molecular flexibility index (Phi) is 3.05. The first kappa shape index (κ1) is 12.2. The van der Waals surface area contributed by atoms with Crippen LogP contribution in [0, 0.1) is 0 Å². The maximum absolute atomic E-state index is 11.2. The Balaban J connectivity index is 2.42. The average molecular weight is 248 g/mol. The van der Waals surface area contributed by atoms with Crippen LogP contribution in [-0.2, 0) is 20.0 Å². The number of aryl methyl sites for hydroxylation is 1. The molecule has 7 heteroatoms. The number of primary amides is 1. The number of hydrogen-bond acceptors (Lipinski definition) is 4. The van der Waals surface area contributed by atoms with Gasteiger partial charge in [-0.05, 0) is 6.42 Å². The van der Waals surface area contributed by atoms with Gasteiger partial charge in [0.1, 0.15) is 5.82 Å². The molecule has 0 aliphatic heterocycles. The third-order valence-corrected chi connectivity index (χ3v) is 2.88. The minimum absolute atomic E-state index is 0.126. The Hall–Kier alpha value is -2.31. The van der Waals surface area contributed by atoms with E-state index in [1.54, 1.807) is 10.9 Å². The number of amides is 1. The van der Waals surface area contributed by atoms with Crippen molar-refractivity contribution in [1.82, 2.24) is 19.3 Å². The second-order valence-electron chi connectivity index (χ2n) is 4.04. The molecule has 0 radical (unpaired) electrons. The van der Waals surface area contributed by atoms with Gasteiger partial charge in [-0.1, -0.05) is 6.92 Å². The van der Waals surface area contributed by atoms with Crippen LogP contribution in [0.3, 0.4) is 0 Å². The van der Waals surface area contributed by atoms with Crippen LogP contribution >= 0.6 is 0 Å². The molecule has 4 N–H and O–H groups in total. The third-order valence-electron chi connectivity index (χ3n) is 2.88. The number of nitrogens with two attached hydrogens (primary N) is 2. The number of carbonyl (C=O) groups is 1. The summed E-state index contributed by atoms with van der Waals surface area (Å²) >= 11 is 0. The van der Waals surface area contributed by atoms with Gasteiger partial charge >= 0.3 is 0 Å². The molecule has 0 unspecified atom stereocenters. The summed E-state index contributed by atoms with van der Waals surface area (Å²) in [6, 6.07) is 0. The smallest absolute Gasteiger partial charge is 0.271 e. The van der Waals surface area contributed by atoms with Crippen molar-refractivity contribution in [1.29, 1.82) is 0 Å².